The molecule has 2 rings (SSSR count). The van der Waals surface area contributed by atoms with Crippen LogP contribution < -0.4 is 14.8 Å². The van der Waals surface area contributed by atoms with Crippen molar-refractivity contribution in [3.63, 3.8) is 0 Å². The Morgan fingerprint density at radius 2 is 2.05 bits per heavy atom. The average molecular weight is 314 g/mol. The topological polar surface area (TPSA) is 80.6 Å². The molecule has 0 bridgehead atoms. The number of halogens is 1. The minimum absolute atomic E-state index is 0.0345. The highest BCUT2D eigenvalue weighted by Gasteiger charge is 2.19. The van der Waals surface area contributed by atoms with Crippen LogP contribution in [0.3, 0.4) is 0 Å². The largest absolute Gasteiger partial charge is 0.494 e. The zero-order valence-corrected chi connectivity index (χ0v) is 12.3. The van der Waals surface area contributed by atoms with Crippen LogP contribution in [0.2, 0.25) is 0 Å². The molecule has 0 radical (unpaired) electrons. The van der Waals surface area contributed by atoms with Gasteiger partial charge < -0.3 is 14.5 Å². The highest BCUT2D eigenvalue weighted by molar-refractivity contribution is 7.92. The second-order valence-electron chi connectivity index (χ2n) is 4.21. The summed E-state index contributed by atoms with van der Waals surface area (Å²) in [5.74, 6) is -0.140. The van der Waals surface area contributed by atoms with Crippen molar-refractivity contribution in [2.45, 2.75) is 11.6 Å². The van der Waals surface area contributed by atoms with Gasteiger partial charge in [-0.1, -0.05) is 0 Å². The molecule has 0 saturated carbocycles. The molecule has 2 N–H and O–H groups in total. The van der Waals surface area contributed by atoms with E-state index in [4.69, 9.17) is 9.15 Å². The number of rotatable bonds is 6. The Bertz CT molecular complexity index is 728. The fraction of sp³-hybridized carbons (Fsp3) is 0.231. The first kappa shape index (κ1) is 15.3. The van der Waals surface area contributed by atoms with Crippen molar-refractivity contribution in [2.24, 2.45) is 0 Å². The fourth-order valence-electron chi connectivity index (χ4n) is 1.71. The molecule has 1 aromatic carbocycles. The third-order valence-corrected chi connectivity index (χ3v) is 3.91. The number of anilines is 1. The van der Waals surface area contributed by atoms with Crippen LogP contribution >= 0.6 is 0 Å². The van der Waals surface area contributed by atoms with E-state index in [0.29, 0.717) is 12.3 Å². The van der Waals surface area contributed by atoms with Gasteiger partial charge in [-0.3, -0.25) is 4.72 Å². The van der Waals surface area contributed by atoms with Crippen LogP contribution in [0.5, 0.6) is 5.75 Å². The molecule has 0 unspecified atom stereocenters. The Labute approximate surface area is 122 Å². The van der Waals surface area contributed by atoms with Crippen LogP contribution in [0, 0.1) is 5.82 Å². The van der Waals surface area contributed by atoms with Gasteiger partial charge in [0.15, 0.2) is 11.6 Å². The Hall–Kier alpha value is -2.06. The van der Waals surface area contributed by atoms with Gasteiger partial charge in [-0.2, -0.15) is 8.42 Å². The summed E-state index contributed by atoms with van der Waals surface area (Å²) < 4.78 is 50.0. The molecule has 0 fully saturated rings. The number of nitrogens with one attached hydrogen (secondary N) is 2. The van der Waals surface area contributed by atoms with Crippen LogP contribution in [0.15, 0.2) is 39.8 Å². The second kappa shape index (κ2) is 6.15. The van der Waals surface area contributed by atoms with Crippen LogP contribution in [0.1, 0.15) is 5.76 Å². The minimum atomic E-state index is -3.90. The van der Waals surface area contributed by atoms with Crippen LogP contribution in [0.25, 0.3) is 0 Å². The van der Waals surface area contributed by atoms with Crippen molar-refractivity contribution < 1.29 is 22.0 Å². The van der Waals surface area contributed by atoms with Crippen molar-refractivity contribution >= 4 is 15.7 Å². The van der Waals surface area contributed by atoms with Gasteiger partial charge in [0.25, 0.3) is 10.0 Å². The van der Waals surface area contributed by atoms with Crippen molar-refractivity contribution in [2.75, 3.05) is 18.9 Å². The first-order valence-corrected chi connectivity index (χ1v) is 7.54. The maximum Gasteiger partial charge on any atom is 0.295 e. The van der Waals surface area contributed by atoms with Crippen molar-refractivity contribution in [1.82, 2.24) is 5.32 Å². The Morgan fingerprint density at radius 3 is 2.67 bits per heavy atom. The molecule has 0 aliphatic rings. The molecular weight excluding hydrogens is 299 g/mol. The molecule has 8 heteroatoms. The predicted molar refractivity (Wildman–Crippen MR) is 75.2 cm³/mol. The summed E-state index contributed by atoms with van der Waals surface area (Å²) >= 11 is 0. The van der Waals surface area contributed by atoms with E-state index in [1.807, 2.05) is 0 Å². The van der Waals surface area contributed by atoms with E-state index >= 15 is 0 Å². The average Bonchev–Trinajstić information content (AvgIpc) is 2.88. The van der Waals surface area contributed by atoms with Crippen LogP contribution in [-0.4, -0.2) is 22.6 Å². The Morgan fingerprint density at radius 1 is 1.29 bits per heavy atom. The van der Waals surface area contributed by atoms with Gasteiger partial charge in [0.1, 0.15) is 5.76 Å². The zero-order valence-electron chi connectivity index (χ0n) is 11.5. The predicted octanol–water partition coefficient (Wildman–Crippen LogP) is 1.95. The lowest BCUT2D eigenvalue weighted by Crippen LogP contribution is -2.12. The molecule has 2 aromatic rings. The van der Waals surface area contributed by atoms with E-state index in [1.54, 1.807) is 13.1 Å². The van der Waals surface area contributed by atoms with Gasteiger partial charge in [-0.05, 0) is 31.3 Å². The van der Waals surface area contributed by atoms with Gasteiger partial charge in [-0.15, -0.1) is 0 Å². The number of hydrogen-bond donors (Lipinski definition) is 2. The zero-order chi connectivity index (χ0) is 15.5. The highest BCUT2D eigenvalue weighted by Crippen LogP contribution is 2.23. The lowest BCUT2D eigenvalue weighted by Gasteiger charge is -2.07. The number of sulfonamides is 1. The summed E-state index contributed by atoms with van der Waals surface area (Å²) in [4.78, 5) is 0. The minimum Gasteiger partial charge on any atom is -0.494 e. The van der Waals surface area contributed by atoms with E-state index in [-0.39, 0.29) is 16.5 Å². The quantitative estimate of drug-likeness (QED) is 0.852. The molecule has 0 saturated heterocycles. The fourth-order valence-corrected chi connectivity index (χ4v) is 2.71. The van der Waals surface area contributed by atoms with Crippen molar-refractivity contribution in [1.29, 1.82) is 0 Å². The molecule has 0 aliphatic heterocycles. The maximum atomic E-state index is 13.5. The molecule has 21 heavy (non-hydrogen) atoms. The second-order valence-corrected chi connectivity index (χ2v) is 5.82. The summed E-state index contributed by atoms with van der Waals surface area (Å²) in [5.41, 5.74) is 0.0832. The lowest BCUT2D eigenvalue weighted by atomic mass is 10.3. The molecule has 1 heterocycles. The number of hydrogen-bond acceptors (Lipinski definition) is 5. The Balaban J connectivity index is 2.22. The SMILES string of the molecule is CNCc1ccc(S(=O)(=O)Nc2ccc(OC)c(F)c2)o1. The summed E-state index contributed by atoms with van der Waals surface area (Å²) in [6.45, 7) is 0.409. The molecule has 0 aliphatic carbocycles. The van der Waals surface area contributed by atoms with E-state index in [0.717, 1.165) is 6.07 Å². The maximum absolute atomic E-state index is 13.5. The van der Waals surface area contributed by atoms with Gasteiger partial charge in [0.05, 0.1) is 19.3 Å². The monoisotopic (exact) mass is 314 g/mol. The van der Waals surface area contributed by atoms with Gasteiger partial charge in [0.2, 0.25) is 5.09 Å². The van der Waals surface area contributed by atoms with Gasteiger partial charge >= 0.3 is 0 Å². The van der Waals surface area contributed by atoms with Gasteiger partial charge in [0, 0.05) is 6.07 Å². The molecule has 1 aromatic heterocycles. The summed E-state index contributed by atoms with van der Waals surface area (Å²) in [5, 5.41) is 2.61. The van der Waals surface area contributed by atoms with E-state index in [2.05, 4.69) is 10.0 Å². The van der Waals surface area contributed by atoms with Crippen molar-refractivity contribution in [3.8, 4) is 5.75 Å². The van der Waals surface area contributed by atoms with Gasteiger partial charge in [-0.25, -0.2) is 4.39 Å². The summed E-state index contributed by atoms with van der Waals surface area (Å²) in [6, 6.07) is 6.67. The standard InChI is InChI=1S/C13H15FN2O4S/c1-15-8-10-4-6-13(20-10)21(17,18)16-9-3-5-12(19-2)11(14)7-9/h3-7,15-16H,8H2,1-2H3. The third-order valence-electron chi connectivity index (χ3n) is 2.66. The first-order chi connectivity index (χ1) is 9.96. The number of ether oxygens (including phenoxy) is 1. The molecule has 6 nitrogen and oxygen atoms in total. The smallest absolute Gasteiger partial charge is 0.295 e. The van der Waals surface area contributed by atoms with E-state index in [9.17, 15) is 12.8 Å². The van der Waals surface area contributed by atoms with Crippen molar-refractivity contribution in [3.05, 3.63) is 41.9 Å². The van der Waals surface area contributed by atoms with E-state index in [1.165, 1.54) is 25.3 Å². The molecule has 0 spiro atoms. The molecule has 0 amide bonds. The molecular formula is C13H15FN2O4S. The summed E-state index contributed by atoms with van der Waals surface area (Å²) in [6.07, 6.45) is 0. The van der Waals surface area contributed by atoms with Crippen LogP contribution in [-0.2, 0) is 16.6 Å². The molecule has 0 atom stereocenters. The summed E-state index contributed by atoms with van der Waals surface area (Å²) in [7, 11) is -0.854. The lowest BCUT2D eigenvalue weighted by molar-refractivity contribution is 0.386. The van der Waals surface area contributed by atoms with E-state index < -0.39 is 15.8 Å². The Kier molecular flexibility index (Phi) is 4.49. The molecule has 114 valence electrons. The van der Waals surface area contributed by atoms with Crippen LogP contribution in [0.4, 0.5) is 10.1 Å². The normalized spacial score (nSPS) is 11.4. The number of benzene rings is 1. The number of furan rings is 1. The first-order valence-electron chi connectivity index (χ1n) is 6.06. The number of methoxy groups -OCH3 is 1. The highest BCUT2D eigenvalue weighted by atomic mass is 32.2. The third kappa shape index (κ3) is 3.53.